The highest BCUT2D eigenvalue weighted by molar-refractivity contribution is 6.49. The third-order valence-electron chi connectivity index (χ3n) is 4.95. The van der Waals surface area contributed by atoms with Gasteiger partial charge in [-0.1, -0.05) is 51.1 Å². The molecule has 152 valence electrons. The Balaban J connectivity index is 2.16. The highest BCUT2D eigenvalue weighted by atomic mass is 35.5. The zero-order valence-electron chi connectivity index (χ0n) is 17.3. The molecule has 1 aromatic rings. The Kier molecular flexibility index (Phi) is 8.78. The van der Waals surface area contributed by atoms with Gasteiger partial charge in [-0.3, -0.25) is 4.79 Å². The zero-order chi connectivity index (χ0) is 20.5. The highest BCUT2D eigenvalue weighted by Crippen LogP contribution is 2.25. The van der Waals surface area contributed by atoms with E-state index in [9.17, 15) is 4.79 Å². The van der Waals surface area contributed by atoms with Crippen LogP contribution in [0.2, 0.25) is 0 Å². The number of allylic oxidation sites excluding steroid dienone is 3. The Morgan fingerprint density at radius 3 is 2.11 bits per heavy atom. The van der Waals surface area contributed by atoms with Crippen molar-refractivity contribution in [2.75, 3.05) is 18.0 Å². The molecule has 2 rings (SSSR count). The van der Waals surface area contributed by atoms with Crippen LogP contribution in [-0.4, -0.2) is 24.6 Å². The predicted molar refractivity (Wildman–Crippen MR) is 121 cm³/mol. The number of hydrogen-bond donors (Lipinski definition) is 1. The molecule has 0 fully saturated rings. The van der Waals surface area contributed by atoms with Crippen molar-refractivity contribution in [1.29, 1.82) is 0 Å². The number of nitrogens with zero attached hydrogens (tertiary/aromatic N) is 2. The molecule has 5 heteroatoms. The molecule has 1 aliphatic carbocycles. The third kappa shape index (κ3) is 5.96. The van der Waals surface area contributed by atoms with Gasteiger partial charge in [0.15, 0.2) is 0 Å². The predicted octanol–water partition coefficient (Wildman–Crippen LogP) is 5.88. The van der Waals surface area contributed by atoms with Crippen molar-refractivity contribution in [3.63, 3.8) is 0 Å². The Hall–Kier alpha value is -2.07. The SMILES string of the molecule is CCCCCN(CCCCC)c1ccc(N=C2C=C(C)C(=O)C(Cl)=C2N)cc1. The van der Waals surface area contributed by atoms with Crippen LogP contribution in [-0.2, 0) is 4.79 Å². The maximum atomic E-state index is 11.9. The minimum Gasteiger partial charge on any atom is -0.396 e. The molecule has 0 heterocycles. The molecule has 0 aliphatic heterocycles. The average Bonchev–Trinajstić information content (AvgIpc) is 2.70. The number of carbonyl (C=O) groups excluding carboxylic acids is 1. The van der Waals surface area contributed by atoms with Gasteiger partial charge in [0.05, 0.1) is 17.1 Å². The first-order valence-corrected chi connectivity index (χ1v) is 10.7. The summed E-state index contributed by atoms with van der Waals surface area (Å²) in [7, 11) is 0. The lowest BCUT2D eigenvalue weighted by Gasteiger charge is -2.25. The summed E-state index contributed by atoms with van der Waals surface area (Å²) in [5.74, 6) is -0.233. The molecule has 28 heavy (non-hydrogen) atoms. The van der Waals surface area contributed by atoms with Crippen molar-refractivity contribution in [1.82, 2.24) is 0 Å². The van der Waals surface area contributed by atoms with E-state index < -0.39 is 0 Å². The molecule has 0 saturated carbocycles. The topological polar surface area (TPSA) is 58.7 Å². The lowest BCUT2D eigenvalue weighted by molar-refractivity contribution is -0.111. The van der Waals surface area contributed by atoms with E-state index in [4.69, 9.17) is 17.3 Å². The number of anilines is 1. The van der Waals surface area contributed by atoms with E-state index in [1.807, 2.05) is 12.1 Å². The molecule has 2 N–H and O–H groups in total. The number of halogens is 1. The van der Waals surface area contributed by atoms with E-state index in [-0.39, 0.29) is 16.5 Å². The summed E-state index contributed by atoms with van der Waals surface area (Å²) in [6.45, 7) is 8.36. The molecule has 0 bridgehead atoms. The Morgan fingerprint density at radius 1 is 1.00 bits per heavy atom. The number of aliphatic imine (C=N–C) groups is 1. The number of nitrogens with two attached hydrogens (primary N) is 1. The van der Waals surface area contributed by atoms with E-state index in [1.54, 1.807) is 13.0 Å². The number of rotatable bonds is 10. The molecule has 0 saturated heterocycles. The highest BCUT2D eigenvalue weighted by Gasteiger charge is 2.21. The Morgan fingerprint density at radius 2 is 1.57 bits per heavy atom. The number of benzene rings is 1. The van der Waals surface area contributed by atoms with Gasteiger partial charge >= 0.3 is 0 Å². The minimum atomic E-state index is -0.233. The second-order valence-electron chi connectivity index (χ2n) is 7.30. The number of Topliss-reactive ketones (excluding diaryl/α,β-unsaturated/α-hetero) is 1. The molecule has 1 aromatic carbocycles. The summed E-state index contributed by atoms with van der Waals surface area (Å²) in [6, 6.07) is 8.22. The molecule has 0 atom stereocenters. The number of unbranched alkanes of at least 4 members (excludes halogenated alkanes) is 4. The van der Waals surface area contributed by atoms with Crippen molar-refractivity contribution < 1.29 is 4.79 Å². The molecule has 0 spiro atoms. The van der Waals surface area contributed by atoms with Crippen LogP contribution in [0.15, 0.2) is 51.6 Å². The molecular weight excluding hydrogens is 370 g/mol. The van der Waals surface area contributed by atoms with Crippen LogP contribution in [0, 0.1) is 0 Å². The first-order valence-electron chi connectivity index (χ1n) is 10.3. The smallest absolute Gasteiger partial charge is 0.202 e. The van der Waals surface area contributed by atoms with Gasteiger partial charge in [0.1, 0.15) is 5.03 Å². The first-order chi connectivity index (χ1) is 13.5. The van der Waals surface area contributed by atoms with E-state index in [0.29, 0.717) is 11.3 Å². The van der Waals surface area contributed by atoms with Crippen LogP contribution in [0.1, 0.15) is 59.3 Å². The third-order valence-corrected chi connectivity index (χ3v) is 5.33. The van der Waals surface area contributed by atoms with Gasteiger partial charge in [-0.2, -0.15) is 0 Å². The van der Waals surface area contributed by atoms with Crippen molar-refractivity contribution >= 4 is 34.5 Å². The van der Waals surface area contributed by atoms with Crippen LogP contribution in [0.3, 0.4) is 0 Å². The fourth-order valence-electron chi connectivity index (χ4n) is 3.20. The van der Waals surface area contributed by atoms with Gasteiger partial charge in [0.25, 0.3) is 0 Å². The lowest BCUT2D eigenvalue weighted by atomic mass is 10.0. The largest absolute Gasteiger partial charge is 0.396 e. The summed E-state index contributed by atoms with van der Waals surface area (Å²) < 4.78 is 0. The Labute approximate surface area is 174 Å². The van der Waals surface area contributed by atoms with Crippen LogP contribution in [0.25, 0.3) is 0 Å². The van der Waals surface area contributed by atoms with Crippen LogP contribution in [0.5, 0.6) is 0 Å². The molecule has 0 unspecified atom stereocenters. The van der Waals surface area contributed by atoms with Crippen molar-refractivity contribution in [3.8, 4) is 0 Å². The summed E-state index contributed by atoms with van der Waals surface area (Å²) in [6.07, 6.45) is 9.09. The molecule has 0 amide bonds. The van der Waals surface area contributed by atoms with Crippen molar-refractivity contribution in [2.24, 2.45) is 10.7 Å². The molecule has 0 aromatic heterocycles. The van der Waals surface area contributed by atoms with Gasteiger partial charge in [0.2, 0.25) is 5.78 Å². The maximum Gasteiger partial charge on any atom is 0.202 e. The fraction of sp³-hybridized carbons (Fsp3) is 0.478. The quantitative estimate of drug-likeness (QED) is 0.393. The molecule has 4 nitrogen and oxygen atoms in total. The summed E-state index contributed by atoms with van der Waals surface area (Å²) in [5.41, 5.74) is 9.33. The van der Waals surface area contributed by atoms with E-state index in [0.717, 1.165) is 18.8 Å². The van der Waals surface area contributed by atoms with Gasteiger partial charge in [0, 0.05) is 24.4 Å². The summed E-state index contributed by atoms with van der Waals surface area (Å²) >= 11 is 6.04. The molecule has 1 aliphatic rings. The van der Waals surface area contributed by atoms with Gasteiger partial charge in [-0.25, -0.2) is 4.99 Å². The minimum absolute atomic E-state index is 0.0494. The van der Waals surface area contributed by atoms with Crippen molar-refractivity contribution in [2.45, 2.75) is 59.3 Å². The summed E-state index contributed by atoms with van der Waals surface area (Å²) in [5, 5.41) is 0.0494. The monoisotopic (exact) mass is 401 g/mol. The second kappa shape index (κ2) is 11.1. The van der Waals surface area contributed by atoms with Gasteiger partial charge < -0.3 is 10.6 Å². The number of ketones is 1. The summed E-state index contributed by atoms with van der Waals surface area (Å²) in [4.78, 5) is 18.9. The Bertz CT molecular complexity index is 753. The lowest BCUT2D eigenvalue weighted by Crippen LogP contribution is -2.25. The fourth-order valence-corrected chi connectivity index (χ4v) is 3.45. The van der Waals surface area contributed by atoms with E-state index >= 15 is 0 Å². The van der Waals surface area contributed by atoms with Gasteiger partial charge in [-0.05, 0) is 50.1 Å². The molecular formula is C23H32ClN3O. The molecule has 0 radical (unpaired) electrons. The normalized spacial score (nSPS) is 15.9. The zero-order valence-corrected chi connectivity index (χ0v) is 18.1. The number of hydrogen-bond acceptors (Lipinski definition) is 4. The first kappa shape index (κ1) is 22.2. The number of carbonyl (C=O) groups is 1. The van der Waals surface area contributed by atoms with E-state index in [1.165, 1.54) is 44.2 Å². The van der Waals surface area contributed by atoms with Crippen LogP contribution < -0.4 is 10.6 Å². The second-order valence-corrected chi connectivity index (χ2v) is 7.68. The standard InChI is InChI=1S/C23H32ClN3O/c1-4-6-8-14-27(15-9-7-5-2)19-12-10-18(11-13-19)26-20-16-17(3)23(28)21(24)22(20)25/h10-13,16H,4-9,14-15,25H2,1-3H3. The average molecular weight is 402 g/mol. The van der Waals surface area contributed by atoms with E-state index in [2.05, 4.69) is 35.9 Å². The van der Waals surface area contributed by atoms with Crippen LogP contribution in [0.4, 0.5) is 11.4 Å². The van der Waals surface area contributed by atoms with Crippen LogP contribution >= 0.6 is 11.6 Å². The van der Waals surface area contributed by atoms with Gasteiger partial charge in [-0.15, -0.1) is 0 Å². The maximum absolute atomic E-state index is 11.9. The van der Waals surface area contributed by atoms with Crippen molar-refractivity contribution in [3.05, 3.63) is 46.6 Å².